The number of aromatic nitrogens is 2. The van der Waals surface area contributed by atoms with Gasteiger partial charge in [0.15, 0.2) is 5.82 Å². The third-order valence-electron chi connectivity index (χ3n) is 5.56. The summed E-state index contributed by atoms with van der Waals surface area (Å²) in [6, 6.07) is 10.2. The molecule has 3 heterocycles. The molecular weight excluding hydrogens is 338 g/mol. The Morgan fingerprint density at radius 2 is 2.11 bits per heavy atom. The molecule has 4 rings (SSSR count). The molecule has 3 N–H and O–H groups in total. The lowest BCUT2D eigenvalue weighted by Gasteiger charge is -2.36. The first-order valence-corrected chi connectivity index (χ1v) is 9.90. The van der Waals surface area contributed by atoms with Crippen LogP contribution >= 0.6 is 0 Å². The van der Waals surface area contributed by atoms with Gasteiger partial charge in [0.2, 0.25) is 5.91 Å². The molecule has 1 unspecified atom stereocenters. The third-order valence-corrected chi connectivity index (χ3v) is 5.56. The van der Waals surface area contributed by atoms with Crippen LogP contribution < -0.4 is 16.0 Å². The fourth-order valence-corrected chi connectivity index (χ4v) is 4.16. The van der Waals surface area contributed by atoms with Gasteiger partial charge in [-0.05, 0) is 38.1 Å². The molecule has 0 radical (unpaired) electrons. The van der Waals surface area contributed by atoms with Crippen molar-refractivity contribution >= 4 is 11.7 Å². The van der Waals surface area contributed by atoms with E-state index >= 15 is 0 Å². The number of amides is 1. The Morgan fingerprint density at radius 1 is 1.26 bits per heavy atom. The van der Waals surface area contributed by atoms with Crippen molar-refractivity contribution < 1.29 is 4.79 Å². The van der Waals surface area contributed by atoms with Crippen molar-refractivity contribution in [2.24, 2.45) is 11.7 Å². The fraction of sp³-hybridized carbons (Fsp3) is 0.476. The van der Waals surface area contributed by atoms with Crippen LogP contribution in [0.3, 0.4) is 0 Å². The smallest absolute Gasteiger partial charge is 0.217 e. The van der Waals surface area contributed by atoms with Crippen molar-refractivity contribution in [3.8, 4) is 11.4 Å². The summed E-state index contributed by atoms with van der Waals surface area (Å²) in [5, 5.41) is 3.43. The molecule has 2 aliphatic heterocycles. The Kier molecular flexibility index (Phi) is 5.34. The van der Waals surface area contributed by atoms with E-state index in [9.17, 15) is 4.79 Å². The number of hydrogen-bond donors (Lipinski definition) is 2. The SMILES string of the molecule is NC(=O)CCC1CCCN(c2nc(-c3ccccc3)nc3c2CCNC3)C1. The molecule has 1 aromatic carbocycles. The van der Waals surface area contributed by atoms with Crippen molar-refractivity contribution in [1.29, 1.82) is 0 Å². The molecule has 6 heteroatoms. The average molecular weight is 365 g/mol. The lowest BCUT2D eigenvalue weighted by molar-refractivity contribution is -0.118. The van der Waals surface area contributed by atoms with Crippen LogP contribution in [0.4, 0.5) is 5.82 Å². The minimum atomic E-state index is -0.205. The molecule has 0 spiro atoms. The van der Waals surface area contributed by atoms with Crippen molar-refractivity contribution in [3.05, 3.63) is 41.6 Å². The van der Waals surface area contributed by atoms with Gasteiger partial charge in [-0.25, -0.2) is 9.97 Å². The second-order valence-electron chi connectivity index (χ2n) is 7.55. The van der Waals surface area contributed by atoms with E-state index in [0.29, 0.717) is 12.3 Å². The van der Waals surface area contributed by atoms with E-state index in [4.69, 9.17) is 15.7 Å². The number of nitrogens with zero attached hydrogens (tertiary/aromatic N) is 3. The van der Waals surface area contributed by atoms with E-state index < -0.39 is 0 Å². The van der Waals surface area contributed by atoms with Crippen molar-refractivity contribution in [2.75, 3.05) is 24.5 Å². The molecule has 0 aliphatic carbocycles. The van der Waals surface area contributed by atoms with Gasteiger partial charge in [-0.3, -0.25) is 4.79 Å². The first-order chi connectivity index (χ1) is 13.2. The summed E-state index contributed by atoms with van der Waals surface area (Å²) in [6.07, 6.45) is 4.58. The maximum absolute atomic E-state index is 11.2. The normalized spacial score (nSPS) is 19.6. The molecule has 1 aromatic heterocycles. The number of rotatable bonds is 5. The minimum Gasteiger partial charge on any atom is -0.370 e. The van der Waals surface area contributed by atoms with E-state index in [2.05, 4.69) is 22.3 Å². The Morgan fingerprint density at radius 3 is 2.93 bits per heavy atom. The Bertz CT molecular complexity index is 808. The summed E-state index contributed by atoms with van der Waals surface area (Å²) in [6.45, 7) is 3.72. The summed E-state index contributed by atoms with van der Waals surface area (Å²) in [4.78, 5) is 23.4. The van der Waals surface area contributed by atoms with Gasteiger partial charge in [-0.2, -0.15) is 0 Å². The molecule has 0 saturated carbocycles. The number of nitrogens with two attached hydrogens (primary N) is 1. The number of benzene rings is 1. The summed E-state index contributed by atoms with van der Waals surface area (Å²) >= 11 is 0. The molecular formula is C21H27N5O. The molecule has 2 aromatic rings. The van der Waals surface area contributed by atoms with Gasteiger partial charge in [0.1, 0.15) is 5.82 Å². The highest BCUT2D eigenvalue weighted by atomic mass is 16.1. The summed E-state index contributed by atoms with van der Waals surface area (Å²) in [7, 11) is 0. The molecule has 1 atom stereocenters. The van der Waals surface area contributed by atoms with E-state index in [1.807, 2.05) is 18.2 Å². The van der Waals surface area contributed by atoms with Crippen LogP contribution in [0.25, 0.3) is 11.4 Å². The van der Waals surface area contributed by atoms with Gasteiger partial charge in [0, 0.05) is 37.2 Å². The maximum Gasteiger partial charge on any atom is 0.217 e. The van der Waals surface area contributed by atoms with Gasteiger partial charge in [0.25, 0.3) is 0 Å². The second-order valence-corrected chi connectivity index (χ2v) is 7.55. The molecule has 27 heavy (non-hydrogen) atoms. The van der Waals surface area contributed by atoms with Crippen molar-refractivity contribution in [1.82, 2.24) is 15.3 Å². The van der Waals surface area contributed by atoms with Gasteiger partial charge < -0.3 is 16.0 Å². The summed E-state index contributed by atoms with van der Waals surface area (Å²) < 4.78 is 0. The van der Waals surface area contributed by atoms with E-state index in [1.54, 1.807) is 0 Å². The van der Waals surface area contributed by atoms with Crippen LogP contribution in [0.2, 0.25) is 0 Å². The second kappa shape index (κ2) is 8.05. The van der Waals surface area contributed by atoms with E-state index in [1.165, 1.54) is 5.56 Å². The number of piperidine rings is 1. The van der Waals surface area contributed by atoms with Crippen LogP contribution in [0.5, 0.6) is 0 Å². The van der Waals surface area contributed by atoms with Crippen LogP contribution in [-0.2, 0) is 17.8 Å². The Balaban J connectivity index is 1.65. The molecule has 6 nitrogen and oxygen atoms in total. The van der Waals surface area contributed by atoms with Gasteiger partial charge >= 0.3 is 0 Å². The molecule has 1 fully saturated rings. The van der Waals surface area contributed by atoms with Crippen LogP contribution in [0.15, 0.2) is 30.3 Å². The molecule has 1 saturated heterocycles. The molecule has 2 aliphatic rings. The van der Waals surface area contributed by atoms with Gasteiger partial charge in [0.05, 0.1) is 5.69 Å². The minimum absolute atomic E-state index is 0.205. The number of carbonyl (C=O) groups is 1. The standard InChI is InChI=1S/C21H27N5O/c22-19(27)9-8-15-5-4-12-26(14-15)21-17-10-11-23-13-18(17)24-20(25-21)16-6-2-1-3-7-16/h1-3,6-7,15,23H,4-5,8-14H2,(H2,22,27). The Labute approximate surface area is 160 Å². The zero-order valence-electron chi connectivity index (χ0n) is 15.7. The number of anilines is 1. The predicted octanol–water partition coefficient (Wildman–Crippen LogP) is 2.27. The van der Waals surface area contributed by atoms with Crippen molar-refractivity contribution in [3.63, 3.8) is 0 Å². The molecule has 1 amide bonds. The zero-order valence-corrected chi connectivity index (χ0v) is 15.7. The van der Waals surface area contributed by atoms with Crippen LogP contribution in [0, 0.1) is 5.92 Å². The first kappa shape index (κ1) is 17.9. The fourth-order valence-electron chi connectivity index (χ4n) is 4.16. The monoisotopic (exact) mass is 365 g/mol. The zero-order chi connectivity index (χ0) is 18.6. The largest absolute Gasteiger partial charge is 0.370 e. The van der Waals surface area contributed by atoms with Crippen LogP contribution in [0.1, 0.15) is 36.9 Å². The highest BCUT2D eigenvalue weighted by molar-refractivity contribution is 5.73. The lowest BCUT2D eigenvalue weighted by Crippen LogP contribution is -2.38. The van der Waals surface area contributed by atoms with E-state index in [-0.39, 0.29) is 5.91 Å². The topological polar surface area (TPSA) is 84.1 Å². The highest BCUT2D eigenvalue weighted by Gasteiger charge is 2.26. The summed E-state index contributed by atoms with van der Waals surface area (Å²) in [5.41, 5.74) is 8.80. The molecule has 142 valence electrons. The molecule has 0 bridgehead atoms. The number of fused-ring (bicyclic) bond motifs is 1. The quantitative estimate of drug-likeness (QED) is 0.849. The third kappa shape index (κ3) is 4.11. The summed E-state index contributed by atoms with van der Waals surface area (Å²) in [5.74, 6) is 2.18. The Hall–Kier alpha value is -2.47. The predicted molar refractivity (Wildman–Crippen MR) is 106 cm³/mol. The lowest BCUT2D eigenvalue weighted by atomic mass is 9.92. The number of hydrogen-bond acceptors (Lipinski definition) is 5. The number of carbonyl (C=O) groups excluding carboxylic acids is 1. The number of nitrogens with one attached hydrogen (secondary N) is 1. The van der Waals surface area contributed by atoms with Crippen LogP contribution in [-0.4, -0.2) is 35.5 Å². The van der Waals surface area contributed by atoms with E-state index in [0.717, 1.165) is 74.8 Å². The highest BCUT2D eigenvalue weighted by Crippen LogP contribution is 2.31. The van der Waals surface area contributed by atoms with Gasteiger partial charge in [-0.15, -0.1) is 0 Å². The number of primary amides is 1. The van der Waals surface area contributed by atoms with Gasteiger partial charge in [-0.1, -0.05) is 30.3 Å². The maximum atomic E-state index is 11.2. The van der Waals surface area contributed by atoms with Crippen molar-refractivity contribution in [2.45, 2.75) is 38.6 Å². The average Bonchev–Trinajstić information content (AvgIpc) is 2.72. The first-order valence-electron chi connectivity index (χ1n) is 9.90.